The molecular formula is C20H20N2O5S. The Bertz CT molecular complexity index is 1080. The van der Waals surface area contributed by atoms with Gasteiger partial charge in [0.1, 0.15) is 12.4 Å². The van der Waals surface area contributed by atoms with Gasteiger partial charge in [-0.1, -0.05) is 29.8 Å². The largest absolute Gasteiger partial charge is 0.456 e. The predicted octanol–water partition coefficient (Wildman–Crippen LogP) is 2.08. The van der Waals surface area contributed by atoms with Gasteiger partial charge in [0.25, 0.3) is 10.0 Å². The number of Topliss-reactive ketones (excluding diaryl/α,β-unsaturated/α-hetero) is 1. The van der Waals surface area contributed by atoms with Crippen LogP contribution in [0.5, 0.6) is 0 Å². The zero-order chi connectivity index (χ0) is 20.5. The lowest BCUT2D eigenvalue weighted by Gasteiger charge is -2.10. The van der Waals surface area contributed by atoms with E-state index >= 15 is 0 Å². The molecule has 3 rings (SSSR count). The molecule has 2 aromatic carbocycles. The number of carbonyl (C=O) groups excluding carboxylic acids is 2. The molecule has 146 valence electrons. The molecule has 0 unspecified atom stereocenters. The van der Waals surface area contributed by atoms with E-state index in [2.05, 4.69) is 9.71 Å². The molecule has 0 radical (unpaired) electrons. The van der Waals surface area contributed by atoms with Gasteiger partial charge in [-0.05, 0) is 44.0 Å². The number of nitrogens with one attached hydrogen (secondary N) is 1. The van der Waals surface area contributed by atoms with Gasteiger partial charge in [-0.2, -0.15) is 0 Å². The first-order chi connectivity index (χ1) is 13.2. The lowest BCUT2D eigenvalue weighted by Crippen LogP contribution is -2.24. The van der Waals surface area contributed by atoms with Crippen LogP contribution in [0.15, 0.2) is 46.3 Å². The summed E-state index contributed by atoms with van der Waals surface area (Å²) in [6, 6.07) is 10.2. The van der Waals surface area contributed by atoms with E-state index in [1.807, 2.05) is 32.9 Å². The smallest absolute Gasteiger partial charge is 0.328 e. The van der Waals surface area contributed by atoms with E-state index in [0.29, 0.717) is 11.1 Å². The Morgan fingerprint density at radius 3 is 2.39 bits per heavy atom. The van der Waals surface area contributed by atoms with Crippen LogP contribution in [0, 0.1) is 20.8 Å². The van der Waals surface area contributed by atoms with Crippen LogP contribution < -0.4 is 4.72 Å². The van der Waals surface area contributed by atoms with E-state index in [9.17, 15) is 18.0 Å². The monoisotopic (exact) mass is 400 g/mol. The minimum absolute atomic E-state index is 0.0871. The number of benzene rings is 2. The molecule has 7 nitrogen and oxygen atoms in total. The molecule has 1 N–H and O–H groups in total. The fourth-order valence-corrected chi connectivity index (χ4v) is 4.53. The number of amidine groups is 1. The van der Waals surface area contributed by atoms with Gasteiger partial charge < -0.3 is 4.74 Å². The van der Waals surface area contributed by atoms with Gasteiger partial charge >= 0.3 is 5.97 Å². The Hall–Kier alpha value is -3.00. The van der Waals surface area contributed by atoms with Crippen molar-refractivity contribution in [3.05, 3.63) is 64.2 Å². The first-order valence-electron chi connectivity index (χ1n) is 8.62. The summed E-state index contributed by atoms with van der Waals surface area (Å²) >= 11 is 0. The molecule has 0 saturated heterocycles. The SMILES string of the molecule is Cc1cc(C)c(C(=O)COC(=O)CN=C2NS(=O)(=O)c3ccccc32)c(C)c1. The number of fused-ring (bicyclic) bond motifs is 1. The first kappa shape index (κ1) is 19.8. The average Bonchev–Trinajstić information content (AvgIpc) is 2.88. The Morgan fingerprint density at radius 1 is 1.07 bits per heavy atom. The molecule has 0 saturated carbocycles. The van der Waals surface area contributed by atoms with Crippen LogP contribution in [0.2, 0.25) is 0 Å². The summed E-state index contributed by atoms with van der Waals surface area (Å²) in [4.78, 5) is 28.5. The van der Waals surface area contributed by atoms with Crippen LogP contribution in [0.3, 0.4) is 0 Å². The van der Waals surface area contributed by atoms with Crippen LogP contribution >= 0.6 is 0 Å². The third kappa shape index (κ3) is 3.96. The van der Waals surface area contributed by atoms with Crippen LogP contribution in [-0.4, -0.2) is 39.2 Å². The van der Waals surface area contributed by atoms with Crippen molar-refractivity contribution < 1.29 is 22.7 Å². The van der Waals surface area contributed by atoms with Crippen LogP contribution in [-0.2, 0) is 19.6 Å². The molecule has 0 spiro atoms. The molecule has 28 heavy (non-hydrogen) atoms. The molecule has 1 aliphatic heterocycles. The van der Waals surface area contributed by atoms with Crippen LogP contribution in [0.1, 0.15) is 32.6 Å². The second kappa shape index (κ2) is 7.55. The molecule has 0 atom stereocenters. The number of rotatable bonds is 5. The van der Waals surface area contributed by atoms with E-state index in [1.165, 1.54) is 6.07 Å². The maximum atomic E-state index is 12.4. The summed E-state index contributed by atoms with van der Waals surface area (Å²) in [5.41, 5.74) is 3.66. The van der Waals surface area contributed by atoms with E-state index < -0.39 is 29.1 Å². The quantitative estimate of drug-likeness (QED) is 0.612. The number of aryl methyl sites for hydroxylation is 3. The van der Waals surface area contributed by atoms with E-state index in [4.69, 9.17) is 4.74 Å². The fourth-order valence-electron chi connectivity index (χ4n) is 3.28. The summed E-state index contributed by atoms with van der Waals surface area (Å²) in [7, 11) is -3.66. The van der Waals surface area contributed by atoms with Gasteiger partial charge in [-0.25, -0.2) is 8.42 Å². The number of carbonyl (C=O) groups is 2. The Kier molecular flexibility index (Phi) is 5.33. The van der Waals surface area contributed by atoms with E-state index in [1.54, 1.807) is 18.2 Å². The standard InChI is InChI=1S/C20H20N2O5S/c1-12-8-13(2)19(14(3)9-12)16(23)11-27-18(24)10-21-20-15-6-4-5-7-17(15)28(25,26)22-20/h4-9H,10-11H2,1-3H3,(H,21,22). The van der Waals surface area contributed by atoms with Gasteiger partial charge in [0.15, 0.2) is 6.61 Å². The van der Waals surface area contributed by atoms with Crippen LogP contribution in [0.25, 0.3) is 0 Å². The highest BCUT2D eigenvalue weighted by molar-refractivity contribution is 7.90. The lowest BCUT2D eigenvalue weighted by atomic mass is 9.97. The van der Waals surface area contributed by atoms with Crippen molar-refractivity contribution in [3.8, 4) is 0 Å². The van der Waals surface area contributed by atoms with Crippen LogP contribution in [0.4, 0.5) is 0 Å². The summed E-state index contributed by atoms with van der Waals surface area (Å²) in [5.74, 6) is -0.918. The zero-order valence-corrected chi connectivity index (χ0v) is 16.6. The molecule has 0 fully saturated rings. The molecule has 0 aromatic heterocycles. The van der Waals surface area contributed by atoms with Crippen molar-refractivity contribution in [2.45, 2.75) is 25.7 Å². The molecule has 0 amide bonds. The molecular weight excluding hydrogens is 380 g/mol. The number of sulfonamides is 1. The minimum Gasteiger partial charge on any atom is -0.456 e. The number of hydrogen-bond donors (Lipinski definition) is 1. The van der Waals surface area contributed by atoms with E-state index in [0.717, 1.165) is 16.7 Å². The second-order valence-electron chi connectivity index (χ2n) is 6.62. The van der Waals surface area contributed by atoms with Crippen molar-refractivity contribution in [2.24, 2.45) is 4.99 Å². The third-order valence-electron chi connectivity index (χ3n) is 4.35. The first-order valence-corrected chi connectivity index (χ1v) is 10.1. The summed E-state index contributed by atoms with van der Waals surface area (Å²) in [6.45, 7) is 4.83. The molecule has 0 aliphatic carbocycles. The van der Waals surface area contributed by atoms with Gasteiger partial charge in [0.2, 0.25) is 5.78 Å². The van der Waals surface area contributed by atoms with Crippen molar-refractivity contribution >= 4 is 27.6 Å². The van der Waals surface area contributed by atoms with Crippen molar-refractivity contribution in [2.75, 3.05) is 13.2 Å². The Labute approximate surface area is 163 Å². The number of ketones is 1. The summed E-state index contributed by atoms with van der Waals surface area (Å²) < 4.78 is 31.4. The topological polar surface area (TPSA) is 102 Å². The molecule has 2 aromatic rings. The van der Waals surface area contributed by atoms with Crippen molar-refractivity contribution in [3.63, 3.8) is 0 Å². The van der Waals surface area contributed by atoms with Gasteiger partial charge in [0.05, 0.1) is 4.90 Å². The maximum Gasteiger partial charge on any atom is 0.328 e. The minimum atomic E-state index is -3.66. The van der Waals surface area contributed by atoms with Gasteiger partial charge in [-0.3, -0.25) is 19.3 Å². The zero-order valence-electron chi connectivity index (χ0n) is 15.8. The lowest BCUT2D eigenvalue weighted by molar-refractivity contribution is -0.140. The van der Waals surface area contributed by atoms with Gasteiger partial charge in [-0.15, -0.1) is 0 Å². The normalized spacial score (nSPS) is 15.8. The van der Waals surface area contributed by atoms with E-state index in [-0.39, 0.29) is 16.5 Å². The molecule has 0 bridgehead atoms. The third-order valence-corrected chi connectivity index (χ3v) is 5.75. The highest BCUT2D eigenvalue weighted by atomic mass is 32.2. The molecule has 1 aliphatic rings. The second-order valence-corrected chi connectivity index (χ2v) is 8.27. The Balaban J connectivity index is 1.65. The maximum absolute atomic E-state index is 12.4. The fraction of sp³-hybridized carbons (Fsp3) is 0.250. The average molecular weight is 400 g/mol. The summed E-state index contributed by atoms with van der Waals surface area (Å²) in [6.07, 6.45) is 0. The van der Waals surface area contributed by atoms with Crippen molar-refractivity contribution in [1.29, 1.82) is 0 Å². The van der Waals surface area contributed by atoms with Gasteiger partial charge in [0, 0.05) is 11.1 Å². The van der Waals surface area contributed by atoms with Crippen molar-refractivity contribution in [1.82, 2.24) is 4.72 Å². The predicted molar refractivity (Wildman–Crippen MR) is 104 cm³/mol. The number of esters is 1. The highest BCUT2D eigenvalue weighted by Gasteiger charge is 2.30. The molecule has 1 heterocycles. The number of hydrogen-bond acceptors (Lipinski definition) is 6. The Morgan fingerprint density at radius 2 is 1.71 bits per heavy atom. The molecule has 8 heteroatoms. The highest BCUT2D eigenvalue weighted by Crippen LogP contribution is 2.22. The number of aliphatic imine (C=N–C) groups is 1. The summed E-state index contributed by atoms with van der Waals surface area (Å²) in [5, 5.41) is 0. The number of ether oxygens (including phenoxy) is 1. The number of nitrogens with zero attached hydrogens (tertiary/aromatic N) is 1.